The van der Waals surface area contributed by atoms with Crippen LogP contribution < -0.4 is 10.5 Å². The van der Waals surface area contributed by atoms with Gasteiger partial charge in [0, 0.05) is 11.7 Å². The Kier molecular flexibility index (Phi) is 3.26. The van der Waals surface area contributed by atoms with Crippen LogP contribution in [0.15, 0.2) is 27.6 Å². The molecule has 7 heteroatoms. The van der Waals surface area contributed by atoms with E-state index in [1.54, 1.807) is 19.9 Å². The normalized spacial score (nSPS) is 17.9. The topological polar surface area (TPSA) is 98.2 Å². The highest BCUT2D eigenvalue weighted by Crippen LogP contribution is 2.34. The SMILES string of the molecule is Cc1noc(C)c1S(=O)(=O)NC1CCc2cc(N)ccc21. The number of nitrogen functional groups attached to an aromatic ring is 1. The van der Waals surface area contributed by atoms with Crippen molar-refractivity contribution in [3.05, 3.63) is 40.8 Å². The quantitative estimate of drug-likeness (QED) is 0.843. The third kappa shape index (κ3) is 2.43. The van der Waals surface area contributed by atoms with Crippen LogP contribution in [0.5, 0.6) is 0 Å². The number of sulfonamides is 1. The van der Waals surface area contributed by atoms with Gasteiger partial charge in [-0.05, 0) is 49.9 Å². The molecule has 0 aliphatic heterocycles. The fourth-order valence-electron chi connectivity index (χ4n) is 2.86. The summed E-state index contributed by atoms with van der Waals surface area (Å²) in [6, 6.07) is 5.35. The summed E-state index contributed by atoms with van der Waals surface area (Å²) in [4.78, 5) is 0.131. The van der Waals surface area contributed by atoms with Crippen molar-refractivity contribution >= 4 is 15.7 Å². The first kappa shape index (κ1) is 14.1. The standard InChI is InChI=1S/C14H17N3O3S/c1-8-14(9(2)20-16-8)21(18,19)17-13-6-3-10-7-11(15)4-5-12(10)13/h4-5,7,13,17H,3,6,15H2,1-2H3. The molecule has 1 aliphatic rings. The summed E-state index contributed by atoms with van der Waals surface area (Å²) in [5.41, 5.74) is 8.91. The summed E-state index contributed by atoms with van der Waals surface area (Å²) in [7, 11) is -3.65. The first-order chi connectivity index (χ1) is 9.88. The monoisotopic (exact) mass is 307 g/mol. The molecule has 0 amide bonds. The number of hydrogen-bond acceptors (Lipinski definition) is 5. The Balaban J connectivity index is 1.92. The molecule has 3 rings (SSSR count). The second kappa shape index (κ2) is 4.85. The zero-order chi connectivity index (χ0) is 15.2. The molecule has 0 saturated carbocycles. The molecule has 3 N–H and O–H groups in total. The van der Waals surface area contributed by atoms with Gasteiger partial charge in [-0.15, -0.1) is 0 Å². The lowest BCUT2D eigenvalue weighted by Crippen LogP contribution is -2.28. The highest BCUT2D eigenvalue weighted by molar-refractivity contribution is 7.89. The van der Waals surface area contributed by atoms with Gasteiger partial charge in [-0.2, -0.15) is 0 Å². The molecule has 1 atom stereocenters. The van der Waals surface area contributed by atoms with Crippen molar-refractivity contribution in [1.82, 2.24) is 9.88 Å². The zero-order valence-electron chi connectivity index (χ0n) is 11.9. The predicted molar refractivity (Wildman–Crippen MR) is 78.2 cm³/mol. The van der Waals surface area contributed by atoms with Gasteiger partial charge in [0.15, 0.2) is 5.76 Å². The molecule has 1 aliphatic carbocycles. The van der Waals surface area contributed by atoms with Crippen LogP contribution in [0.3, 0.4) is 0 Å². The summed E-state index contributed by atoms with van der Waals surface area (Å²) in [5.74, 6) is 0.301. The van der Waals surface area contributed by atoms with Crippen LogP contribution in [0.2, 0.25) is 0 Å². The molecular weight excluding hydrogens is 290 g/mol. The molecule has 0 saturated heterocycles. The molecule has 0 bridgehead atoms. The van der Waals surface area contributed by atoms with Gasteiger partial charge in [0.25, 0.3) is 0 Å². The molecule has 21 heavy (non-hydrogen) atoms. The van der Waals surface area contributed by atoms with Crippen LogP contribution in [0, 0.1) is 13.8 Å². The van der Waals surface area contributed by atoms with Gasteiger partial charge in [0.05, 0.1) is 0 Å². The van der Waals surface area contributed by atoms with Gasteiger partial charge >= 0.3 is 0 Å². The van der Waals surface area contributed by atoms with Crippen molar-refractivity contribution < 1.29 is 12.9 Å². The van der Waals surface area contributed by atoms with E-state index in [0.717, 1.165) is 24.0 Å². The zero-order valence-corrected chi connectivity index (χ0v) is 12.7. The molecule has 6 nitrogen and oxygen atoms in total. The third-order valence-corrected chi connectivity index (χ3v) is 5.49. The van der Waals surface area contributed by atoms with Crippen molar-refractivity contribution in [2.24, 2.45) is 0 Å². The number of hydrogen-bond donors (Lipinski definition) is 2. The minimum Gasteiger partial charge on any atom is -0.399 e. The van der Waals surface area contributed by atoms with Crippen LogP contribution in [0.4, 0.5) is 5.69 Å². The second-order valence-corrected chi connectivity index (χ2v) is 6.97. The van der Waals surface area contributed by atoms with Gasteiger partial charge < -0.3 is 10.3 Å². The summed E-state index contributed by atoms with van der Waals surface area (Å²) >= 11 is 0. The number of anilines is 1. The Hall–Kier alpha value is -1.86. The number of nitrogens with zero attached hydrogens (tertiary/aromatic N) is 1. The average Bonchev–Trinajstić information content (AvgIpc) is 2.93. The Morgan fingerprint density at radius 2 is 2.14 bits per heavy atom. The van der Waals surface area contributed by atoms with E-state index in [1.165, 1.54) is 0 Å². The molecule has 0 spiro atoms. The fourth-order valence-corrected chi connectivity index (χ4v) is 4.44. The van der Waals surface area contributed by atoms with Crippen molar-refractivity contribution in [3.8, 4) is 0 Å². The fraction of sp³-hybridized carbons (Fsp3) is 0.357. The Labute approximate surface area is 123 Å². The van der Waals surface area contributed by atoms with Crippen molar-refractivity contribution in [1.29, 1.82) is 0 Å². The highest BCUT2D eigenvalue weighted by atomic mass is 32.2. The lowest BCUT2D eigenvalue weighted by atomic mass is 10.1. The maximum Gasteiger partial charge on any atom is 0.246 e. The molecule has 1 heterocycles. The van der Waals surface area contributed by atoms with Gasteiger partial charge in [-0.1, -0.05) is 11.2 Å². The van der Waals surface area contributed by atoms with Crippen LogP contribution >= 0.6 is 0 Å². The average molecular weight is 307 g/mol. The first-order valence-corrected chi connectivity index (χ1v) is 8.20. The van der Waals surface area contributed by atoms with E-state index in [0.29, 0.717) is 17.1 Å². The van der Waals surface area contributed by atoms with Gasteiger partial charge in [-0.25, -0.2) is 13.1 Å². The number of fused-ring (bicyclic) bond motifs is 1. The number of aromatic nitrogens is 1. The lowest BCUT2D eigenvalue weighted by Gasteiger charge is -2.14. The van der Waals surface area contributed by atoms with E-state index in [1.807, 2.05) is 12.1 Å². The van der Waals surface area contributed by atoms with Gasteiger partial charge in [0.2, 0.25) is 10.0 Å². The van der Waals surface area contributed by atoms with Crippen LogP contribution in [-0.4, -0.2) is 13.6 Å². The summed E-state index contributed by atoms with van der Waals surface area (Å²) in [6.45, 7) is 3.21. The molecule has 0 radical (unpaired) electrons. The largest absolute Gasteiger partial charge is 0.399 e. The smallest absolute Gasteiger partial charge is 0.246 e. The third-order valence-electron chi connectivity index (χ3n) is 3.78. The number of rotatable bonds is 3. The van der Waals surface area contributed by atoms with Crippen molar-refractivity contribution in [3.63, 3.8) is 0 Å². The Morgan fingerprint density at radius 1 is 1.38 bits per heavy atom. The maximum absolute atomic E-state index is 12.5. The maximum atomic E-state index is 12.5. The Bertz CT molecular complexity index is 776. The molecular formula is C14H17N3O3S. The summed E-state index contributed by atoms with van der Waals surface area (Å²) in [5, 5.41) is 3.70. The summed E-state index contributed by atoms with van der Waals surface area (Å²) in [6.07, 6.45) is 1.54. The molecule has 112 valence electrons. The number of nitrogens with one attached hydrogen (secondary N) is 1. The molecule has 0 fully saturated rings. The number of benzene rings is 1. The van der Waals surface area contributed by atoms with E-state index in [4.69, 9.17) is 10.3 Å². The summed E-state index contributed by atoms with van der Waals surface area (Å²) < 4.78 is 32.8. The van der Waals surface area contributed by atoms with E-state index in [2.05, 4.69) is 9.88 Å². The van der Waals surface area contributed by atoms with Gasteiger partial charge in [-0.3, -0.25) is 0 Å². The van der Waals surface area contributed by atoms with Gasteiger partial charge in [0.1, 0.15) is 10.6 Å². The van der Waals surface area contributed by atoms with E-state index in [-0.39, 0.29) is 10.9 Å². The number of nitrogens with two attached hydrogens (primary N) is 1. The number of aryl methyl sites for hydroxylation is 3. The minimum atomic E-state index is -3.65. The van der Waals surface area contributed by atoms with Crippen LogP contribution in [-0.2, 0) is 16.4 Å². The van der Waals surface area contributed by atoms with Crippen molar-refractivity contribution in [2.45, 2.75) is 37.6 Å². The van der Waals surface area contributed by atoms with E-state index < -0.39 is 10.0 Å². The highest BCUT2D eigenvalue weighted by Gasteiger charge is 2.31. The minimum absolute atomic E-state index is 0.131. The first-order valence-electron chi connectivity index (χ1n) is 6.72. The molecule has 1 aromatic heterocycles. The van der Waals surface area contributed by atoms with Crippen LogP contribution in [0.25, 0.3) is 0 Å². The second-order valence-electron chi connectivity index (χ2n) is 5.32. The predicted octanol–water partition coefficient (Wildman–Crippen LogP) is 1.84. The lowest BCUT2D eigenvalue weighted by molar-refractivity contribution is 0.390. The molecule has 1 unspecified atom stereocenters. The molecule has 2 aromatic rings. The van der Waals surface area contributed by atoms with E-state index in [9.17, 15) is 8.42 Å². The molecule has 1 aromatic carbocycles. The Morgan fingerprint density at radius 3 is 2.81 bits per heavy atom. The van der Waals surface area contributed by atoms with Crippen LogP contribution in [0.1, 0.15) is 35.0 Å². The van der Waals surface area contributed by atoms with Crippen molar-refractivity contribution in [2.75, 3.05) is 5.73 Å². The van der Waals surface area contributed by atoms with E-state index >= 15 is 0 Å².